The predicted molar refractivity (Wildman–Crippen MR) is 108 cm³/mol. The molecule has 0 saturated carbocycles. The van der Waals surface area contributed by atoms with E-state index in [1.165, 1.54) is 30.3 Å². The van der Waals surface area contributed by atoms with Gasteiger partial charge in [0.05, 0.1) is 0 Å². The van der Waals surface area contributed by atoms with Crippen LogP contribution < -0.4 is 10.6 Å². The molecule has 0 aliphatic heterocycles. The molecule has 0 aromatic heterocycles. The minimum Gasteiger partial charge on any atom is -0.320 e. The van der Waals surface area contributed by atoms with E-state index in [4.69, 9.17) is 0 Å². The lowest BCUT2D eigenvalue weighted by Crippen LogP contribution is -2.30. The molecule has 5 heteroatoms. The fourth-order valence-corrected chi connectivity index (χ4v) is 2.57. The summed E-state index contributed by atoms with van der Waals surface area (Å²) in [5, 5.41) is 5.46. The lowest BCUT2D eigenvalue weighted by atomic mass is 10.1. The van der Waals surface area contributed by atoms with Gasteiger partial charge in [0.25, 0.3) is 11.8 Å². The van der Waals surface area contributed by atoms with Crippen LogP contribution in [0.5, 0.6) is 0 Å². The van der Waals surface area contributed by atoms with Crippen LogP contribution in [-0.4, -0.2) is 11.8 Å². The van der Waals surface area contributed by atoms with Crippen molar-refractivity contribution in [2.75, 3.05) is 5.32 Å². The fourth-order valence-electron chi connectivity index (χ4n) is 2.57. The van der Waals surface area contributed by atoms with Gasteiger partial charge in [-0.3, -0.25) is 9.59 Å². The first-order valence-corrected chi connectivity index (χ1v) is 8.73. The van der Waals surface area contributed by atoms with Gasteiger partial charge < -0.3 is 10.6 Å². The first-order valence-electron chi connectivity index (χ1n) is 8.73. The Morgan fingerprint density at radius 2 is 1.50 bits per heavy atom. The zero-order valence-electron chi connectivity index (χ0n) is 15.3. The Kier molecular flexibility index (Phi) is 5.97. The molecule has 3 rings (SSSR count). The largest absolute Gasteiger partial charge is 0.320 e. The van der Waals surface area contributed by atoms with Crippen LogP contribution >= 0.6 is 0 Å². The lowest BCUT2D eigenvalue weighted by molar-refractivity contribution is -0.113. The van der Waals surface area contributed by atoms with Crippen LogP contribution in [-0.2, 0) is 4.79 Å². The quantitative estimate of drug-likeness (QED) is 0.644. The van der Waals surface area contributed by atoms with Crippen LogP contribution in [0.1, 0.15) is 21.5 Å². The number of carbonyl (C=O) groups is 2. The molecule has 0 unspecified atom stereocenters. The van der Waals surface area contributed by atoms with Crippen LogP contribution in [0.2, 0.25) is 0 Å². The van der Waals surface area contributed by atoms with Crippen molar-refractivity contribution in [2.45, 2.75) is 6.92 Å². The summed E-state index contributed by atoms with van der Waals surface area (Å²) >= 11 is 0. The highest BCUT2D eigenvalue weighted by molar-refractivity contribution is 6.10. The van der Waals surface area contributed by atoms with Gasteiger partial charge in [0.2, 0.25) is 0 Å². The molecule has 0 spiro atoms. The Bertz CT molecular complexity index is 1010. The molecular formula is C23H19FN2O2. The lowest BCUT2D eigenvalue weighted by Gasteiger charge is -2.12. The molecule has 0 aliphatic rings. The molecule has 0 bridgehead atoms. The van der Waals surface area contributed by atoms with Gasteiger partial charge in [-0.1, -0.05) is 48.5 Å². The van der Waals surface area contributed by atoms with E-state index < -0.39 is 11.8 Å². The molecule has 0 fully saturated rings. The number of halogens is 1. The number of rotatable bonds is 5. The summed E-state index contributed by atoms with van der Waals surface area (Å²) in [4.78, 5) is 25.4. The molecule has 0 saturated heterocycles. The zero-order chi connectivity index (χ0) is 19.9. The SMILES string of the molecule is Cc1ccccc1NC(=O)C(=Cc1ccc(F)cc1)NC(=O)c1ccccc1. The molecule has 4 nitrogen and oxygen atoms in total. The van der Waals surface area contributed by atoms with Crippen molar-refractivity contribution in [1.82, 2.24) is 5.32 Å². The van der Waals surface area contributed by atoms with Crippen molar-refractivity contribution in [3.8, 4) is 0 Å². The van der Waals surface area contributed by atoms with E-state index in [1.807, 2.05) is 25.1 Å². The minimum absolute atomic E-state index is 0.0590. The molecule has 0 aliphatic carbocycles. The predicted octanol–water partition coefficient (Wildman–Crippen LogP) is 4.54. The monoisotopic (exact) mass is 374 g/mol. The van der Waals surface area contributed by atoms with E-state index in [9.17, 15) is 14.0 Å². The number of benzene rings is 3. The fraction of sp³-hybridized carbons (Fsp3) is 0.0435. The molecular weight excluding hydrogens is 355 g/mol. The second kappa shape index (κ2) is 8.77. The highest BCUT2D eigenvalue weighted by atomic mass is 19.1. The number of carbonyl (C=O) groups excluding carboxylic acids is 2. The van der Waals surface area contributed by atoms with Crippen molar-refractivity contribution >= 4 is 23.6 Å². The van der Waals surface area contributed by atoms with E-state index in [0.29, 0.717) is 16.8 Å². The Labute approximate surface area is 162 Å². The van der Waals surface area contributed by atoms with Gasteiger partial charge in [0.1, 0.15) is 11.5 Å². The molecule has 2 N–H and O–H groups in total. The Morgan fingerprint density at radius 3 is 2.18 bits per heavy atom. The molecule has 3 aromatic rings. The van der Waals surface area contributed by atoms with E-state index in [0.717, 1.165) is 5.56 Å². The topological polar surface area (TPSA) is 58.2 Å². The van der Waals surface area contributed by atoms with Crippen LogP contribution in [0.25, 0.3) is 6.08 Å². The highest BCUT2D eigenvalue weighted by Gasteiger charge is 2.15. The first-order chi connectivity index (χ1) is 13.5. The average molecular weight is 374 g/mol. The van der Waals surface area contributed by atoms with E-state index >= 15 is 0 Å². The van der Waals surface area contributed by atoms with E-state index in [-0.39, 0.29) is 11.5 Å². The number of amides is 2. The molecule has 0 radical (unpaired) electrons. The second-order valence-corrected chi connectivity index (χ2v) is 6.20. The Balaban J connectivity index is 1.89. The van der Waals surface area contributed by atoms with Crippen molar-refractivity contribution in [3.63, 3.8) is 0 Å². The molecule has 140 valence electrons. The second-order valence-electron chi connectivity index (χ2n) is 6.20. The molecule has 28 heavy (non-hydrogen) atoms. The van der Waals surface area contributed by atoms with Crippen molar-refractivity contribution in [1.29, 1.82) is 0 Å². The zero-order valence-corrected chi connectivity index (χ0v) is 15.3. The van der Waals surface area contributed by atoms with Gasteiger partial charge in [-0.2, -0.15) is 0 Å². The molecule has 0 heterocycles. The highest BCUT2D eigenvalue weighted by Crippen LogP contribution is 2.15. The summed E-state index contributed by atoms with van der Waals surface area (Å²) in [5.41, 5.74) is 2.61. The average Bonchev–Trinajstić information content (AvgIpc) is 2.71. The van der Waals surface area contributed by atoms with E-state index in [1.54, 1.807) is 36.4 Å². The van der Waals surface area contributed by atoms with Gasteiger partial charge in [0.15, 0.2) is 0 Å². The third kappa shape index (κ3) is 4.92. The Morgan fingerprint density at radius 1 is 0.857 bits per heavy atom. The number of para-hydroxylation sites is 1. The first kappa shape index (κ1) is 19.0. The maximum atomic E-state index is 13.2. The van der Waals surface area contributed by atoms with Crippen LogP contribution in [0, 0.1) is 12.7 Å². The summed E-state index contributed by atoms with van der Waals surface area (Å²) in [6, 6.07) is 21.6. The minimum atomic E-state index is -0.470. The van der Waals surface area contributed by atoms with Crippen molar-refractivity contribution in [2.24, 2.45) is 0 Å². The van der Waals surface area contributed by atoms with Crippen LogP contribution in [0.3, 0.4) is 0 Å². The molecule has 2 amide bonds. The third-order valence-electron chi connectivity index (χ3n) is 4.10. The van der Waals surface area contributed by atoms with Crippen LogP contribution in [0.15, 0.2) is 84.6 Å². The number of aryl methyl sites for hydroxylation is 1. The summed E-state index contributed by atoms with van der Waals surface area (Å²) in [6.07, 6.45) is 1.51. The normalized spacial score (nSPS) is 11.0. The molecule has 3 aromatic carbocycles. The number of nitrogens with one attached hydrogen (secondary N) is 2. The Hall–Kier alpha value is -3.73. The third-order valence-corrected chi connectivity index (χ3v) is 4.10. The van der Waals surface area contributed by atoms with Gasteiger partial charge in [0, 0.05) is 11.3 Å². The molecule has 0 atom stereocenters. The van der Waals surface area contributed by atoms with E-state index in [2.05, 4.69) is 10.6 Å². The smallest absolute Gasteiger partial charge is 0.272 e. The summed E-state index contributed by atoms with van der Waals surface area (Å²) in [7, 11) is 0. The van der Waals surface area contributed by atoms with Crippen molar-refractivity contribution < 1.29 is 14.0 Å². The number of anilines is 1. The van der Waals surface area contributed by atoms with Gasteiger partial charge in [-0.25, -0.2) is 4.39 Å². The summed E-state index contributed by atoms with van der Waals surface area (Å²) in [6.45, 7) is 1.88. The van der Waals surface area contributed by atoms with Crippen molar-refractivity contribution in [3.05, 3.63) is 107 Å². The maximum absolute atomic E-state index is 13.2. The summed E-state index contributed by atoms with van der Waals surface area (Å²) in [5.74, 6) is -1.26. The maximum Gasteiger partial charge on any atom is 0.272 e. The summed E-state index contributed by atoms with van der Waals surface area (Å²) < 4.78 is 13.2. The van der Waals surface area contributed by atoms with Gasteiger partial charge in [-0.15, -0.1) is 0 Å². The van der Waals surface area contributed by atoms with Gasteiger partial charge >= 0.3 is 0 Å². The number of hydrogen-bond donors (Lipinski definition) is 2. The number of hydrogen-bond acceptors (Lipinski definition) is 2. The van der Waals surface area contributed by atoms with Gasteiger partial charge in [-0.05, 0) is 54.5 Å². The standard InChI is InChI=1S/C23H19FN2O2/c1-16-7-5-6-10-20(16)25-23(28)21(15-17-11-13-19(24)14-12-17)26-22(27)18-8-3-2-4-9-18/h2-15H,1H3,(H,25,28)(H,26,27). The van der Waals surface area contributed by atoms with Crippen LogP contribution in [0.4, 0.5) is 10.1 Å².